The second-order valence-corrected chi connectivity index (χ2v) is 8.87. The molecular weight excluding hydrogens is 404 g/mol. The van der Waals surface area contributed by atoms with Crippen LogP contribution in [-0.4, -0.2) is 77.9 Å². The number of amides is 4. The van der Waals surface area contributed by atoms with E-state index in [0.29, 0.717) is 31.2 Å². The number of likely N-dealkylation sites (tertiary alicyclic amines) is 1. The van der Waals surface area contributed by atoms with Gasteiger partial charge in [0.1, 0.15) is 0 Å². The molecule has 1 aliphatic carbocycles. The van der Waals surface area contributed by atoms with E-state index >= 15 is 0 Å². The zero-order valence-corrected chi connectivity index (χ0v) is 17.9. The second kappa shape index (κ2) is 9.25. The molecule has 162 valence electrons. The van der Waals surface area contributed by atoms with Gasteiger partial charge in [0.2, 0.25) is 11.8 Å². The zero-order valence-electron chi connectivity index (χ0n) is 17.2. The minimum atomic E-state index is -0.0693. The van der Waals surface area contributed by atoms with Gasteiger partial charge in [0.15, 0.2) is 0 Å². The Hall–Kier alpha value is -2.28. The van der Waals surface area contributed by atoms with E-state index in [1.807, 2.05) is 23.1 Å². The normalized spacial score (nSPS) is 20.2. The third-order valence-corrected chi connectivity index (χ3v) is 6.65. The topological polar surface area (TPSA) is 73.0 Å². The Bertz CT molecular complexity index is 797. The molecule has 3 fully saturated rings. The Labute approximate surface area is 182 Å². The van der Waals surface area contributed by atoms with Crippen LogP contribution in [0.5, 0.6) is 0 Å². The first-order valence-corrected chi connectivity index (χ1v) is 11.2. The van der Waals surface area contributed by atoms with Crippen molar-refractivity contribution >= 4 is 29.4 Å². The maximum atomic E-state index is 12.6. The van der Waals surface area contributed by atoms with Gasteiger partial charge >= 0.3 is 6.03 Å². The number of rotatable bonds is 4. The van der Waals surface area contributed by atoms with Crippen LogP contribution < -0.4 is 5.32 Å². The number of nitrogens with one attached hydrogen (secondary N) is 1. The minimum Gasteiger partial charge on any atom is -0.342 e. The Morgan fingerprint density at radius 1 is 0.867 bits per heavy atom. The average Bonchev–Trinajstić information content (AvgIpc) is 3.61. The molecule has 2 saturated heterocycles. The second-order valence-electron chi connectivity index (χ2n) is 8.46. The SMILES string of the molecule is O=C(Cc1ccccc1Cl)N1CCN(C(=O)NC2CCN(C(=O)C3CC3)CC2)CC1. The van der Waals surface area contributed by atoms with Crippen molar-refractivity contribution in [2.75, 3.05) is 39.3 Å². The summed E-state index contributed by atoms with van der Waals surface area (Å²) in [4.78, 5) is 42.9. The van der Waals surface area contributed by atoms with Crippen molar-refractivity contribution in [2.24, 2.45) is 5.92 Å². The van der Waals surface area contributed by atoms with Crippen molar-refractivity contribution in [3.63, 3.8) is 0 Å². The van der Waals surface area contributed by atoms with Crippen molar-refractivity contribution in [2.45, 2.75) is 38.1 Å². The van der Waals surface area contributed by atoms with E-state index in [-0.39, 0.29) is 36.2 Å². The number of hydrogen-bond acceptors (Lipinski definition) is 3. The largest absolute Gasteiger partial charge is 0.342 e. The maximum Gasteiger partial charge on any atom is 0.317 e. The standard InChI is InChI=1S/C22H29ClN4O3/c23-19-4-2-1-3-17(19)15-20(28)25-11-13-27(14-12-25)22(30)24-18-7-9-26(10-8-18)21(29)16-5-6-16/h1-4,16,18H,5-15H2,(H,24,30). The molecule has 4 rings (SSSR count). The van der Waals surface area contributed by atoms with Crippen molar-refractivity contribution in [1.82, 2.24) is 20.0 Å². The van der Waals surface area contributed by atoms with E-state index < -0.39 is 0 Å². The predicted molar refractivity (Wildman–Crippen MR) is 114 cm³/mol. The molecule has 1 aromatic carbocycles. The van der Waals surface area contributed by atoms with Gasteiger partial charge in [0, 0.05) is 56.3 Å². The van der Waals surface area contributed by atoms with Crippen LogP contribution in [0.4, 0.5) is 4.79 Å². The highest BCUT2D eigenvalue weighted by atomic mass is 35.5. The molecule has 1 saturated carbocycles. The summed E-state index contributed by atoms with van der Waals surface area (Å²) < 4.78 is 0. The van der Waals surface area contributed by atoms with Crippen LogP contribution in [-0.2, 0) is 16.0 Å². The van der Waals surface area contributed by atoms with E-state index in [2.05, 4.69) is 5.32 Å². The lowest BCUT2D eigenvalue weighted by molar-refractivity contribution is -0.134. The van der Waals surface area contributed by atoms with E-state index in [9.17, 15) is 14.4 Å². The van der Waals surface area contributed by atoms with Crippen molar-refractivity contribution in [1.29, 1.82) is 0 Å². The molecule has 2 heterocycles. The van der Waals surface area contributed by atoms with Crippen LogP contribution in [0, 0.1) is 5.92 Å². The van der Waals surface area contributed by atoms with Gasteiger partial charge in [-0.1, -0.05) is 29.8 Å². The highest BCUT2D eigenvalue weighted by Crippen LogP contribution is 2.31. The molecule has 0 aromatic heterocycles. The summed E-state index contributed by atoms with van der Waals surface area (Å²) in [6.07, 6.45) is 3.95. The molecule has 0 unspecified atom stereocenters. The number of halogens is 1. The fourth-order valence-corrected chi connectivity index (χ4v) is 4.38. The highest BCUT2D eigenvalue weighted by molar-refractivity contribution is 6.31. The van der Waals surface area contributed by atoms with E-state index in [0.717, 1.165) is 44.3 Å². The summed E-state index contributed by atoms with van der Waals surface area (Å²) in [5.74, 6) is 0.585. The van der Waals surface area contributed by atoms with Crippen LogP contribution in [0.2, 0.25) is 5.02 Å². The van der Waals surface area contributed by atoms with Gasteiger partial charge in [0.05, 0.1) is 6.42 Å². The lowest BCUT2D eigenvalue weighted by atomic mass is 10.0. The van der Waals surface area contributed by atoms with E-state index in [1.54, 1.807) is 15.9 Å². The molecule has 4 amide bonds. The van der Waals surface area contributed by atoms with Gasteiger partial charge in [-0.2, -0.15) is 0 Å². The summed E-state index contributed by atoms with van der Waals surface area (Å²) in [5.41, 5.74) is 0.829. The van der Waals surface area contributed by atoms with Gasteiger partial charge in [0.25, 0.3) is 0 Å². The number of hydrogen-bond donors (Lipinski definition) is 1. The Morgan fingerprint density at radius 3 is 2.13 bits per heavy atom. The predicted octanol–water partition coefficient (Wildman–Crippen LogP) is 2.14. The van der Waals surface area contributed by atoms with Gasteiger partial charge < -0.3 is 20.0 Å². The number of nitrogens with zero attached hydrogens (tertiary/aromatic N) is 3. The van der Waals surface area contributed by atoms with E-state index in [4.69, 9.17) is 11.6 Å². The lowest BCUT2D eigenvalue weighted by Gasteiger charge is -2.37. The van der Waals surface area contributed by atoms with E-state index in [1.165, 1.54) is 0 Å². The fraction of sp³-hybridized carbons (Fsp3) is 0.591. The summed E-state index contributed by atoms with van der Waals surface area (Å²) in [7, 11) is 0. The first kappa shape index (κ1) is 21.0. The highest BCUT2D eigenvalue weighted by Gasteiger charge is 2.35. The Balaban J connectivity index is 1.18. The van der Waals surface area contributed by atoms with Crippen LogP contribution in [0.1, 0.15) is 31.2 Å². The Morgan fingerprint density at radius 2 is 1.50 bits per heavy atom. The molecule has 0 bridgehead atoms. The summed E-state index contributed by atoms with van der Waals surface area (Å²) >= 11 is 6.16. The molecule has 2 aliphatic heterocycles. The summed E-state index contributed by atoms with van der Waals surface area (Å²) in [6.45, 7) is 3.57. The monoisotopic (exact) mass is 432 g/mol. The molecule has 0 spiro atoms. The Kier molecular flexibility index (Phi) is 6.46. The van der Waals surface area contributed by atoms with Crippen LogP contribution in [0.25, 0.3) is 0 Å². The van der Waals surface area contributed by atoms with Crippen molar-refractivity contribution < 1.29 is 14.4 Å². The van der Waals surface area contributed by atoms with Crippen LogP contribution >= 0.6 is 11.6 Å². The molecule has 0 radical (unpaired) electrons. The number of carbonyl (C=O) groups is 3. The molecule has 0 atom stereocenters. The fourth-order valence-electron chi connectivity index (χ4n) is 4.17. The van der Waals surface area contributed by atoms with Gasteiger partial charge in [-0.3, -0.25) is 9.59 Å². The summed E-state index contributed by atoms with van der Waals surface area (Å²) in [5, 5.41) is 3.72. The molecule has 1 N–H and O–H groups in total. The number of piperidine rings is 1. The number of benzene rings is 1. The molecule has 1 aromatic rings. The van der Waals surface area contributed by atoms with Gasteiger partial charge in [-0.25, -0.2) is 4.79 Å². The van der Waals surface area contributed by atoms with Gasteiger partial charge in [-0.15, -0.1) is 0 Å². The number of piperazine rings is 1. The van der Waals surface area contributed by atoms with Crippen molar-refractivity contribution in [3.8, 4) is 0 Å². The third-order valence-electron chi connectivity index (χ3n) is 6.28. The molecule has 8 heteroatoms. The number of carbonyl (C=O) groups excluding carboxylic acids is 3. The zero-order chi connectivity index (χ0) is 21.1. The van der Waals surface area contributed by atoms with Crippen molar-refractivity contribution in [3.05, 3.63) is 34.9 Å². The third kappa shape index (κ3) is 5.06. The first-order chi connectivity index (χ1) is 14.5. The average molecular weight is 433 g/mol. The molecular formula is C22H29ClN4O3. The lowest BCUT2D eigenvalue weighted by Crippen LogP contribution is -2.56. The quantitative estimate of drug-likeness (QED) is 0.792. The number of urea groups is 1. The first-order valence-electron chi connectivity index (χ1n) is 10.9. The molecule has 3 aliphatic rings. The van der Waals surface area contributed by atoms with Gasteiger partial charge in [-0.05, 0) is 37.3 Å². The van der Waals surface area contributed by atoms with Crippen LogP contribution in [0.3, 0.4) is 0 Å². The van der Waals surface area contributed by atoms with Crippen LogP contribution in [0.15, 0.2) is 24.3 Å². The molecule has 7 nitrogen and oxygen atoms in total. The molecule has 30 heavy (non-hydrogen) atoms. The summed E-state index contributed by atoms with van der Waals surface area (Å²) in [6, 6.07) is 7.43. The maximum absolute atomic E-state index is 12.6. The minimum absolute atomic E-state index is 0.0378. The smallest absolute Gasteiger partial charge is 0.317 e.